The summed E-state index contributed by atoms with van der Waals surface area (Å²) in [5.74, 6) is 0.309. The third kappa shape index (κ3) is 3.48. The van der Waals surface area contributed by atoms with Gasteiger partial charge in [0, 0.05) is 12.6 Å². The Bertz CT molecular complexity index is 512. The largest absolute Gasteiger partial charge is 0.397 e. The van der Waals surface area contributed by atoms with Crippen LogP contribution in [0.4, 0.5) is 15.8 Å². The van der Waals surface area contributed by atoms with Gasteiger partial charge in [0.15, 0.2) is 0 Å². The van der Waals surface area contributed by atoms with Crippen LogP contribution in [-0.4, -0.2) is 29.9 Å². The molecule has 0 aromatic heterocycles. The monoisotopic (exact) mass is 277 g/mol. The van der Waals surface area contributed by atoms with E-state index in [9.17, 15) is 9.18 Å². The molecule has 2 aliphatic carbocycles. The van der Waals surface area contributed by atoms with Crippen LogP contribution in [0.2, 0.25) is 0 Å². The highest BCUT2D eigenvalue weighted by atomic mass is 19.1. The summed E-state index contributed by atoms with van der Waals surface area (Å²) in [6.07, 6.45) is 4.96. The van der Waals surface area contributed by atoms with Crippen LogP contribution >= 0.6 is 0 Å². The summed E-state index contributed by atoms with van der Waals surface area (Å²) in [6.45, 7) is 1.43. The maximum Gasteiger partial charge on any atom is 0.238 e. The molecule has 0 bridgehead atoms. The van der Waals surface area contributed by atoms with Crippen LogP contribution in [0.1, 0.15) is 25.7 Å². The highest BCUT2D eigenvalue weighted by Crippen LogP contribution is 2.34. The van der Waals surface area contributed by atoms with E-state index in [2.05, 4.69) is 10.2 Å². The molecule has 0 radical (unpaired) electrons. The van der Waals surface area contributed by atoms with Crippen LogP contribution in [0.3, 0.4) is 0 Å². The van der Waals surface area contributed by atoms with E-state index in [1.807, 2.05) is 0 Å². The Balaban J connectivity index is 1.57. The van der Waals surface area contributed by atoms with Crippen molar-refractivity contribution in [3.63, 3.8) is 0 Å². The fourth-order valence-electron chi connectivity index (χ4n) is 2.44. The quantitative estimate of drug-likeness (QED) is 0.784. The lowest BCUT2D eigenvalue weighted by molar-refractivity contribution is -0.117. The number of anilines is 2. The minimum atomic E-state index is -0.395. The molecule has 0 saturated heterocycles. The van der Waals surface area contributed by atoms with Crippen molar-refractivity contribution in [3.8, 4) is 0 Å². The molecule has 0 aliphatic heterocycles. The second-order valence-electron chi connectivity index (χ2n) is 5.88. The lowest BCUT2D eigenvalue weighted by Gasteiger charge is -2.21. The molecule has 0 unspecified atom stereocenters. The molecule has 108 valence electrons. The number of carbonyl (C=O) groups excluding carboxylic acids is 1. The van der Waals surface area contributed by atoms with Crippen molar-refractivity contribution in [2.24, 2.45) is 5.92 Å². The molecule has 0 atom stereocenters. The Morgan fingerprint density at radius 1 is 1.35 bits per heavy atom. The zero-order valence-corrected chi connectivity index (χ0v) is 11.4. The molecule has 5 heteroatoms. The van der Waals surface area contributed by atoms with Crippen LogP contribution < -0.4 is 11.1 Å². The molecule has 3 rings (SSSR count). The first-order valence-electron chi connectivity index (χ1n) is 7.21. The topological polar surface area (TPSA) is 58.4 Å². The van der Waals surface area contributed by atoms with Crippen LogP contribution in [0.25, 0.3) is 0 Å². The van der Waals surface area contributed by atoms with Crippen molar-refractivity contribution in [1.82, 2.24) is 4.90 Å². The Labute approximate surface area is 118 Å². The molecular formula is C15H20FN3O. The first kappa shape index (κ1) is 13.4. The number of nitrogen functional groups attached to an aromatic ring is 1. The average molecular weight is 277 g/mol. The molecule has 1 amide bonds. The fraction of sp³-hybridized carbons (Fsp3) is 0.533. The standard InChI is InChI=1S/C15H20FN3O/c16-11-3-6-14(13(17)7-11)18-15(20)9-19(12-4-5-12)8-10-1-2-10/h3,6-7,10,12H,1-2,4-5,8-9,17H2,(H,18,20). The zero-order valence-electron chi connectivity index (χ0n) is 11.4. The normalized spacial score (nSPS) is 18.3. The Kier molecular flexibility index (Phi) is 3.61. The molecule has 20 heavy (non-hydrogen) atoms. The smallest absolute Gasteiger partial charge is 0.238 e. The molecule has 2 saturated carbocycles. The third-order valence-corrected chi connectivity index (χ3v) is 3.89. The highest BCUT2D eigenvalue weighted by Gasteiger charge is 2.34. The van der Waals surface area contributed by atoms with Crippen LogP contribution in [-0.2, 0) is 4.79 Å². The first-order chi connectivity index (χ1) is 9.61. The molecule has 4 nitrogen and oxygen atoms in total. The number of carbonyl (C=O) groups is 1. The highest BCUT2D eigenvalue weighted by molar-refractivity contribution is 5.95. The number of nitrogens with two attached hydrogens (primary N) is 1. The van der Waals surface area contributed by atoms with Gasteiger partial charge >= 0.3 is 0 Å². The SMILES string of the molecule is Nc1cc(F)ccc1NC(=O)CN(CC1CC1)C1CC1. The molecule has 1 aromatic carbocycles. The molecule has 0 spiro atoms. The molecule has 2 aliphatic rings. The lowest BCUT2D eigenvalue weighted by Crippen LogP contribution is -2.36. The van der Waals surface area contributed by atoms with Crippen molar-refractivity contribution in [1.29, 1.82) is 0 Å². The number of benzene rings is 1. The molecule has 3 N–H and O–H groups in total. The van der Waals surface area contributed by atoms with Crippen molar-refractivity contribution in [2.45, 2.75) is 31.7 Å². The summed E-state index contributed by atoms with van der Waals surface area (Å²) < 4.78 is 13.0. The number of nitrogens with zero attached hydrogens (tertiary/aromatic N) is 1. The summed E-state index contributed by atoms with van der Waals surface area (Å²) in [5, 5.41) is 2.77. The van der Waals surface area contributed by atoms with E-state index in [1.165, 1.54) is 43.9 Å². The van der Waals surface area contributed by atoms with Crippen LogP contribution in [0.15, 0.2) is 18.2 Å². The molecular weight excluding hydrogens is 257 g/mol. The second-order valence-corrected chi connectivity index (χ2v) is 5.88. The van der Waals surface area contributed by atoms with Gasteiger partial charge in [-0.3, -0.25) is 9.69 Å². The Hall–Kier alpha value is -1.62. The van der Waals surface area contributed by atoms with Crippen molar-refractivity contribution in [3.05, 3.63) is 24.0 Å². The third-order valence-electron chi connectivity index (χ3n) is 3.89. The van der Waals surface area contributed by atoms with Crippen molar-refractivity contribution < 1.29 is 9.18 Å². The van der Waals surface area contributed by atoms with Gasteiger partial charge in [-0.1, -0.05) is 0 Å². The summed E-state index contributed by atoms with van der Waals surface area (Å²) in [4.78, 5) is 14.4. The summed E-state index contributed by atoms with van der Waals surface area (Å²) >= 11 is 0. The average Bonchev–Trinajstić information content (AvgIpc) is 3.25. The van der Waals surface area contributed by atoms with Gasteiger partial charge in [-0.15, -0.1) is 0 Å². The molecule has 0 heterocycles. The number of halogens is 1. The lowest BCUT2D eigenvalue weighted by atomic mass is 10.2. The predicted molar refractivity (Wildman–Crippen MR) is 76.8 cm³/mol. The second kappa shape index (κ2) is 5.40. The van der Waals surface area contributed by atoms with E-state index >= 15 is 0 Å². The number of hydrogen-bond acceptors (Lipinski definition) is 3. The minimum Gasteiger partial charge on any atom is -0.397 e. The van der Waals surface area contributed by atoms with E-state index in [0.717, 1.165) is 12.5 Å². The number of nitrogens with one attached hydrogen (secondary N) is 1. The summed E-state index contributed by atoms with van der Waals surface area (Å²) in [5.41, 5.74) is 6.44. The van der Waals surface area contributed by atoms with Gasteiger partial charge in [-0.2, -0.15) is 0 Å². The van der Waals surface area contributed by atoms with E-state index < -0.39 is 5.82 Å². The van der Waals surface area contributed by atoms with Gasteiger partial charge in [0.05, 0.1) is 17.9 Å². The minimum absolute atomic E-state index is 0.0733. The summed E-state index contributed by atoms with van der Waals surface area (Å²) in [6, 6.07) is 4.60. The first-order valence-corrected chi connectivity index (χ1v) is 7.21. The number of rotatable bonds is 6. The van der Waals surface area contributed by atoms with E-state index in [-0.39, 0.29) is 11.6 Å². The predicted octanol–water partition coefficient (Wildman–Crippen LogP) is 2.22. The van der Waals surface area contributed by atoms with Crippen molar-refractivity contribution >= 4 is 17.3 Å². The Morgan fingerprint density at radius 3 is 2.70 bits per heavy atom. The summed E-state index contributed by atoms with van der Waals surface area (Å²) in [7, 11) is 0. The van der Waals surface area contributed by atoms with Gasteiger partial charge in [0.1, 0.15) is 5.82 Å². The van der Waals surface area contributed by atoms with Gasteiger partial charge in [-0.05, 0) is 49.8 Å². The van der Waals surface area contributed by atoms with Crippen LogP contribution in [0, 0.1) is 11.7 Å². The maximum atomic E-state index is 13.0. The van der Waals surface area contributed by atoms with Gasteiger partial charge in [0.25, 0.3) is 0 Å². The van der Waals surface area contributed by atoms with Crippen molar-refractivity contribution in [2.75, 3.05) is 24.1 Å². The zero-order chi connectivity index (χ0) is 14.1. The number of hydrogen-bond donors (Lipinski definition) is 2. The maximum absolute atomic E-state index is 13.0. The number of amides is 1. The van der Waals surface area contributed by atoms with E-state index in [1.54, 1.807) is 0 Å². The van der Waals surface area contributed by atoms with Gasteiger partial charge in [0.2, 0.25) is 5.91 Å². The van der Waals surface area contributed by atoms with E-state index in [0.29, 0.717) is 18.3 Å². The molecule has 1 aromatic rings. The van der Waals surface area contributed by atoms with Gasteiger partial charge in [-0.25, -0.2) is 4.39 Å². The fourth-order valence-corrected chi connectivity index (χ4v) is 2.44. The molecule has 2 fully saturated rings. The Morgan fingerprint density at radius 2 is 2.10 bits per heavy atom. The van der Waals surface area contributed by atoms with Crippen LogP contribution in [0.5, 0.6) is 0 Å². The van der Waals surface area contributed by atoms with E-state index in [4.69, 9.17) is 5.73 Å². The van der Waals surface area contributed by atoms with Gasteiger partial charge < -0.3 is 11.1 Å².